The van der Waals surface area contributed by atoms with E-state index in [0.29, 0.717) is 0 Å². The van der Waals surface area contributed by atoms with Crippen molar-refractivity contribution in [1.29, 1.82) is 0 Å². The predicted octanol–water partition coefficient (Wildman–Crippen LogP) is 4.70. The molecule has 2 rings (SSSR count). The van der Waals surface area contributed by atoms with Crippen molar-refractivity contribution in [3.63, 3.8) is 0 Å². The van der Waals surface area contributed by atoms with Gasteiger partial charge in [-0.2, -0.15) is 0 Å². The summed E-state index contributed by atoms with van der Waals surface area (Å²) in [4.78, 5) is 0. The number of benzene rings is 1. The number of hydrogen-bond donors (Lipinski definition) is 1. The van der Waals surface area contributed by atoms with Crippen LogP contribution in [0.15, 0.2) is 16.6 Å². The maximum absolute atomic E-state index is 14.1. The second kappa shape index (κ2) is 5.25. The first-order valence-corrected chi connectivity index (χ1v) is 7.20. The minimum absolute atomic E-state index is 0.0353. The van der Waals surface area contributed by atoms with Crippen LogP contribution in [0.2, 0.25) is 0 Å². The van der Waals surface area contributed by atoms with Gasteiger partial charge in [-0.25, -0.2) is 8.78 Å². The SMILES string of the molecule is CCC1(C(N)c2c(F)ccc(Br)c2F)CCCC1. The molecule has 0 aliphatic heterocycles. The first kappa shape index (κ1) is 13.9. The van der Waals surface area contributed by atoms with Gasteiger partial charge in [0, 0.05) is 11.6 Å². The summed E-state index contributed by atoms with van der Waals surface area (Å²) in [5.41, 5.74) is 6.10. The quantitative estimate of drug-likeness (QED) is 0.803. The summed E-state index contributed by atoms with van der Waals surface area (Å²) in [5, 5.41) is 0. The second-order valence-corrected chi connectivity index (χ2v) is 6.01. The Bertz CT molecular complexity index is 442. The van der Waals surface area contributed by atoms with Crippen LogP contribution in [0.3, 0.4) is 0 Å². The third-order valence-electron chi connectivity index (χ3n) is 4.35. The van der Waals surface area contributed by atoms with Gasteiger partial charge in [-0.1, -0.05) is 19.8 Å². The molecule has 1 fully saturated rings. The number of halogens is 3. The summed E-state index contributed by atoms with van der Waals surface area (Å²) in [6.07, 6.45) is 4.96. The number of rotatable bonds is 3. The van der Waals surface area contributed by atoms with E-state index in [0.717, 1.165) is 32.1 Å². The van der Waals surface area contributed by atoms with Crippen LogP contribution in [0.25, 0.3) is 0 Å². The van der Waals surface area contributed by atoms with Crippen molar-refractivity contribution >= 4 is 15.9 Å². The van der Waals surface area contributed by atoms with Crippen LogP contribution in [0.4, 0.5) is 8.78 Å². The van der Waals surface area contributed by atoms with Crippen molar-refractivity contribution in [3.8, 4) is 0 Å². The molecule has 0 amide bonds. The standard InChI is InChI=1S/C14H18BrF2N/c1-2-14(7-3-4-8-14)13(18)11-10(16)6-5-9(15)12(11)17/h5-6,13H,2-4,7-8,18H2,1H3. The third-order valence-corrected chi connectivity index (χ3v) is 4.97. The molecule has 1 aliphatic rings. The lowest BCUT2D eigenvalue weighted by atomic mass is 9.73. The van der Waals surface area contributed by atoms with Gasteiger partial charge in [0.2, 0.25) is 0 Å². The van der Waals surface area contributed by atoms with E-state index in [9.17, 15) is 8.78 Å². The average molecular weight is 318 g/mol. The molecule has 18 heavy (non-hydrogen) atoms. The van der Waals surface area contributed by atoms with E-state index in [1.54, 1.807) is 0 Å². The summed E-state index contributed by atoms with van der Waals surface area (Å²) in [6.45, 7) is 2.05. The molecule has 1 aromatic rings. The van der Waals surface area contributed by atoms with Crippen molar-refractivity contribution in [2.75, 3.05) is 0 Å². The molecule has 0 bridgehead atoms. The zero-order chi connectivity index (χ0) is 13.3. The molecule has 0 heterocycles. The Balaban J connectivity index is 2.45. The van der Waals surface area contributed by atoms with Gasteiger partial charge in [-0.15, -0.1) is 0 Å². The van der Waals surface area contributed by atoms with Crippen molar-refractivity contribution in [1.82, 2.24) is 0 Å². The van der Waals surface area contributed by atoms with Crippen LogP contribution in [-0.2, 0) is 0 Å². The summed E-state index contributed by atoms with van der Waals surface area (Å²) < 4.78 is 28.3. The lowest BCUT2D eigenvalue weighted by Gasteiger charge is -2.35. The Labute approximate surface area is 115 Å². The summed E-state index contributed by atoms with van der Waals surface area (Å²) >= 11 is 3.10. The molecule has 1 nitrogen and oxygen atoms in total. The zero-order valence-corrected chi connectivity index (χ0v) is 12.1. The van der Waals surface area contributed by atoms with Crippen molar-refractivity contribution in [2.45, 2.75) is 45.1 Å². The van der Waals surface area contributed by atoms with E-state index in [1.165, 1.54) is 12.1 Å². The van der Waals surface area contributed by atoms with Crippen LogP contribution >= 0.6 is 15.9 Å². The maximum atomic E-state index is 14.1. The van der Waals surface area contributed by atoms with Gasteiger partial charge in [0.25, 0.3) is 0 Å². The maximum Gasteiger partial charge on any atom is 0.145 e. The lowest BCUT2D eigenvalue weighted by molar-refractivity contribution is 0.213. The molecule has 0 aromatic heterocycles. The van der Waals surface area contributed by atoms with Crippen LogP contribution < -0.4 is 5.73 Å². The first-order valence-electron chi connectivity index (χ1n) is 6.41. The minimum atomic E-state index is -0.567. The highest BCUT2D eigenvalue weighted by atomic mass is 79.9. The van der Waals surface area contributed by atoms with Gasteiger partial charge < -0.3 is 5.73 Å². The Morgan fingerprint density at radius 3 is 2.50 bits per heavy atom. The van der Waals surface area contributed by atoms with Crippen LogP contribution in [0, 0.1) is 17.0 Å². The van der Waals surface area contributed by atoms with Crippen molar-refractivity contribution in [3.05, 3.63) is 33.8 Å². The van der Waals surface area contributed by atoms with Gasteiger partial charge in [-0.05, 0) is 52.7 Å². The summed E-state index contributed by atoms with van der Waals surface area (Å²) in [6, 6.07) is 2.09. The molecule has 2 N–H and O–H groups in total. The summed E-state index contributed by atoms with van der Waals surface area (Å²) in [5.74, 6) is -1.09. The van der Waals surface area contributed by atoms with Gasteiger partial charge >= 0.3 is 0 Å². The molecule has 4 heteroatoms. The molecular formula is C14H18BrF2N. The van der Waals surface area contributed by atoms with Crippen LogP contribution in [0.1, 0.15) is 50.6 Å². The fourth-order valence-electron chi connectivity index (χ4n) is 3.10. The van der Waals surface area contributed by atoms with Gasteiger partial charge in [0.15, 0.2) is 0 Å². The molecule has 100 valence electrons. The first-order chi connectivity index (χ1) is 8.52. The normalized spacial score (nSPS) is 20.1. The van der Waals surface area contributed by atoms with Crippen molar-refractivity contribution in [2.24, 2.45) is 11.1 Å². The fourth-order valence-corrected chi connectivity index (χ4v) is 3.44. The van der Waals surface area contributed by atoms with E-state index < -0.39 is 17.7 Å². The monoisotopic (exact) mass is 317 g/mol. The van der Waals surface area contributed by atoms with Gasteiger partial charge in [-0.3, -0.25) is 0 Å². The van der Waals surface area contributed by atoms with Crippen LogP contribution in [-0.4, -0.2) is 0 Å². The van der Waals surface area contributed by atoms with E-state index >= 15 is 0 Å². The highest BCUT2D eigenvalue weighted by Gasteiger charge is 2.40. The largest absolute Gasteiger partial charge is 0.323 e. The Kier molecular flexibility index (Phi) is 4.07. The highest BCUT2D eigenvalue weighted by Crippen LogP contribution is 2.50. The molecule has 0 radical (unpaired) electrons. The third kappa shape index (κ3) is 2.21. The van der Waals surface area contributed by atoms with Crippen molar-refractivity contribution < 1.29 is 8.78 Å². The Morgan fingerprint density at radius 2 is 1.94 bits per heavy atom. The molecule has 0 spiro atoms. The molecule has 1 aromatic carbocycles. The molecule has 1 unspecified atom stereocenters. The fraction of sp³-hybridized carbons (Fsp3) is 0.571. The highest BCUT2D eigenvalue weighted by molar-refractivity contribution is 9.10. The van der Waals surface area contributed by atoms with E-state index in [4.69, 9.17) is 5.73 Å². The van der Waals surface area contributed by atoms with Crippen LogP contribution in [0.5, 0.6) is 0 Å². The Hall–Kier alpha value is -0.480. The second-order valence-electron chi connectivity index (χ2n) is 5.16. The topological polar surface area (TPSA) is 26.0 Å². The minimum Gasteiger partial charge on any atom is -0.323 e. The zero-order valence-electron chi connectivity index (χ0n) is 10.5. The smallest absolute Gasteiger partial charge is 0.145 e. The van der Waals surface area contributed by atoms with Gasteiger partial charge in [0.1, 0.15) is 11.6 Å². The molecule has 1 atom stereocenters. The average Bonchev–Trinajstić information content (AvgIpc) is 2.84. The number of hydrogen-bond acceptors (Lipinski definition) is 1. The molecule has 1 aliphatic carbocycles. The Morgan fingerprint density at radius 1 is 1.33 bits per heavy atom. The lowest BCUT2D eigenvalue weighted by Crippen LogP contribution is -2.33. The number of nitrogens with two attached hydrogens (primary N) is 1. The van der Waals surface area contributed by atoms with E-state index in [1.807, 2.05) is 0 Å². The van der Waals surface area contributed by atoms with E-state index in [-0.39, 0.29) is 15.5 Å². The predicted molar refractivity (Wildman–Crippen MR) is 72.2 cm³/mol. The van der Waals surface area contributed by atoms with Gasteiger partial charge in [0.05, 0.1) is 4.47 Å². The summed E-state index contributed by atoms with van der Waals surface area (Å²) in [7, 11) is 0. The molecule has 0 saturated heterocycles. The van der Waals surface area contributed by atoms with E-state index in [2.05, 4.69) is 22.9 Å². The molecular weight excluding hydrogens is 300 g/mol. The molecule has 1 saturated carbocycles.